The van der Waals surface area contributed by atoms with Gasteiger partial charge in [0.05, 0.1) is 19.2 Å². The van der Waals surface area contributed by atoms with Crippen molar-refractivity contribution in [2.24, 2.45) is 0 Å². The van der Waals surface area contributed by atoms with E-state index in [9.17, 15) is 9.59 Å². The molecule has 0 aromatic heterocycles. The summed E-state index contributed by atoms with van der Waals surface area (Å²) in [5.41, 5.74) is 0.251. The van der Waals surface area contributed by atoms with E-state index in [1.165, 1.54) is 12.0 Å². The Bertz CT molecular complexity index is 651. The molecule has 6 nitrogen and oxygen atoms in total. The monoisotopic (exact) mass is 301 g/mol. The molecule has 1 aliphatic heterocycles. The summed E-state index contributed by atoms with van der Waals surface area (Å²) in [6.45, 7) is 3.85. The molecule has 1 aromatic carbocycles. The third-order valence-corrected chi connectivity index (χ3v) is 3.82. The van der Waals surface area contributed by atoms with E-state index in [0.29, 0.717) is 23.3 Å². The molecule has 0 bridgehead atoms. The van der Waals surface area contributed by atoms with Gasteiger partial charge in [0, 0.05) is 0 Å². The molecule has 1 fully saturated rings. The first kappa shape index (κ1) is 15.8. The molecular weight excluding hydrogens is 282 g/mol. The van der Waals surface area contributed by atoms with Crippen LogP contribution in [0, 0.1) is 11.3 Å². The lowest BCUT2D eigenvalue weighted by Crippen LogP contribution is -2.43. The van der Waals surface area contributed by atoms with Gasteiger partial charge in [-0.05, 0) is 31.0 Å². The maximum absolute atomic E-state index is 12.5. The predicted molar refractivity (Wildman–Crippen MR) is 80.1 cm³/mol. The molecule has 6 heteroatoms. The number of carbonyl (C=O) groups excluding carboxylic acids is 2. The molecule has 1 aliphatic rings. The highest BCUT2D eigenvalue weighted by atomic mass is 16.5. The Morgan fingerprint density at radius 1 is 1.41 bits per heavy atom. The van der Waals surface area contributed by atoms with Crippen molar-refractivity contribution in [2.45, 2.75) is 38.8 Å². The zero-order valence-electron chi connectivity index (χ0n) is 13.0. The van der Waals surface area contributed by atoms with Crippen molar-refractivity contribution in [2.75, 3.05) is 7.11 Å². The molecule has 0 saturated carbocycles. The van der Waals surface area contributed by atoms with E-state index in [1.54, 1.807) is 25.1 Å². The van der Waals surface area contributed by atoms with E-state index in [0.717, 1.165) is 6.42 Å². The molecular formula is C16H19N3O3. The Morgan fingerprint density at radius 3 is 2.73 bits per heavy atom. The zero-order valence-corrected chi connectivity index (χ0v) is 13.0. The molecule has 0 spiro atoms. The van der Waals surface area contributed by atoms with E-state index in [4.69, 9.17) is 10.00 Å². The van der Waals surface area contributed by atoms with Crippen LogP contribution in [0.25, 0.3) is 0 Å². The lowest BCUT2D eigenvalue weighted by Gasteiger charge is -2.20. The number of ether oxygens (including phenoxy) is 1. The Labute approximate surface area is 129 Å². The number of rotatable bonds is 5. The van der Waals surface area contributed by atoms with Gasteiger partial charge in [-0.15, -0.1) is 0 Å². The van der Waals surface area contributed by atoms with Gasteiger partial charge in [-0.2, -0.15) is 5.26 Å². The minimum atomic E-state index is -0.837. The zero-order chi connectivity index (χ0) is 16.3. The minimum Gasteiger partial charge on any atom is -0.495 e. The maximum Gasteiger partial charge on any atom is 0.325 e. The summed E-state index contributed by atoms with van der Waals surface area (Å²) in [7, 11) is 1.49. The fourth-order valence-electron chi connectivity index (χ4n) is 2.68. The average molecular weight is 301 g/mol. The Morgan fingerprint density at radius 2 is 2.14 bits per heavy atom. The van der Waals surface area contributed by atoms with Crippen molar-refractivity contribution in [3.8, 4) is 11.8 Å². The topological polar surface area (TPSA) is 82.4 Å². The molecule has 1 saturated heterocycles. The average Bonchev–Trinajstić information content (AvgIpc) is 2.71. The van der Waals surface area contributed by atoms with Crippen molar-refractivity contribution in [1.82, 2.24) is 10.2 Å². The number of carbonyl (C=O) groups is 2. The normalized spacial score (nSPS) is 20.7. The summed E-state index contributed by atoms with van der Waals surface area (Å²) in [6, 6.07) is 6.69. The number of methoxy groups -OCH3 is 1. The fourth-order valence-corrected chi connectivity index (χ4v) is 2.68. The molecule has 2 rings (SSSR count). The summed E-state index contributed by atoms with van der Waals surface area (Å²) < 4.78 is 5.09. The van der Waals surface area contributed by atoms with Gasteiger partial charge in [-0.3, -0.25) is 9.69 Å². The summed E-state index contributed by atoms with van der Waals surface area (Å²) in [5.74, 6) is 0.243. The standard InChI is InChI=1S/C16H19N3O3/c1-4-7-16(2)14(20)19(15(21)18-16)10-11-5-6-13(22-3)12(8-11)9-17/h5-6,8H,4,7,10H2,1-3H3,(H,18,21)/t16-/m1/s1. The van der Waals surface area contributed by atoms with Crippen LogP contribution in [0.1, 0.15) is 37.8 Å². The third-order valence-electron chi connectivity index (χ3n) is 3.82. The molecule has 0 unspecified atom stereocenters. The van der Waals surface area contributed by atoms with Crippen LogP contribution in [0.2, 0.25) is 0 Å². The SMILES string of the molecule is CCC[C@@]1(C)NC(=O)N(Cc2ccc(OC)c(C#N)c2)C1=O. The molecule has 1 N–H and O–H groups in total. The molecule has 1 heterocycles. The second kappa shape index (κ2) is 6.06. The number of hydrogen-bond acceptors (Lipinski definition) is 4. The molecule has 1 aromatic rings. The summed E-state index contributed by atoms with van der Waals surface area (Å²) in [6.07, 6.45) is 1.40. The highest BCUT2D eigenvalue weighted by molar-refractivity contribution is 6.06. The molecule has 3 amide bonds. The number of benzene rings is 1. The van der Waals surface area contributed by atoms with Crippen molar-refractivity contribution in [1.29, 1.82) is 5.26 Å². The number of nitrogens with zero attached hydrogens (tertiary/aromatic N) is 2. The van der Waals surface area contributed by atoms with Crippen LogP contribution in [-0.2, 0) is 11.3 Å². The Balaban J connectivity index is 2.23. The lowest BCUT2D eigenvalue weighted by molar-refractivity contribution is -0.131. The van der Waals surface area contributed by atoms with Gasteiger partial charge in [0.25, 0.3) is 5.91 Å². The van der Waals surface area contributed by atoms with Crippen molar-refractivity contribution in [3.63, 3.8) is 0 Å². The largest absolute Gasteiger partial charge is 0.495 e. The smallest absolute Gasteiger partial charge is 0.325 e. The fraction of sp³-hybridized carbons (Fsp3) is 0.438. The van der Waals surface area contributed by atoms with Gasteiger partial charge < -0.3 is 10.1 Å². The first-order chi connectivity index (χ1) is 10.4. The first-order valence-corrected chi connectivity index (χ1v) is 7.16. The number of urea groups is 1. The molecule has 22 heavy (non-hydrogen) atoms. The molecule has 0 radical (unpaired) electrons. The minimum absolute atomic E-state index is 0.142. The quantitative estimate of drug-likeness (QED) is 0.845. The van der Waals surface area contributed by atoms with Crippen LogP contribution in [0.5, 0.6) is 5.75 Å². The maximum atomic E-state index is 12.5. The molecule has 1 atom stereocenters. The van der Waals surface area contributed by atoms with Crippen LogP contribution in [-0.4, -0.2) is 29.5 Å². The summed E-state index contributed by atoms with van der Waals surface area (Å²) in [5, 5.41) is 11.9. The van der Waals surface area contributed by atoms with Crippen LogP contribution >= 0.6 is 0 Å². The second-order valence-corrected chi connectivity index (χ2v) is 5.55. The molecule has 116 valence electrons. The van der Waals surface area contributed by atoms with Gasteiger partial charge in [-0.1, -0.05) is 19.4 Å². The number of nitrogens with one attached hydrogen (secondary N) is 1. The van der Waals surface area contributed by atoms with Gasteiger partial charge in [0.15, 0.2) is 0 Å². The van der Waals surface area contributed by atoms with Crippen LogP contribution < -0.4 is 10.1 Å². The van der Waals surface area contributed by atoms with E-state index >= 15 is 0 Å². The lowest BCUT2D eigenvalue weighted by atomic mass is 9.96. The van der Waals surface area contributed by atoms with Crippen LogP contribution in [0.3, 0.4) is 0 Å². The van der Waals surface area contributed by atoms with Gasteiger partial charge in [0.1, 0.15) is 17.4 Å². The summed E-state index contributed by atoms with van der Waals surface area (Å²) >= 11 is 0. The van der Waals surface area contributed by atoms with Gasteiger partial charge >= 0.3 is 6.03 Å². The Kier molecular flexibility index (Phi) is 4.36. The third kappa shape index (κ3) is 2.75. The number of nitriles is 1. The van der Waals surface area contributed by atoms with Crippen molar-refractivity contribution < 1.29 is 14.3 Å². The van der Waals surface area contributed by atoms with E-state index < -0.39 is 11.6 Å². The predicted octanol–water partition coefficient (Wildman–Crippen LogP) is 2.18. The van der Waals surface area contributed by atoms with E-state index in [1.807, 2.05) is 13.0 Å². The van der Waals surface area contributed by atoms with Gasteiger partial charge in [0.2, 0.25) is 0 Å². The molecule has 0 aliphatic carbocycles. The van der Waals surface area contributed by atoms with Crippen LogP contribution in [0.15, 0.2) is 18.2 Å². The van der Waals surface area contributed by atoms with E-state index in [-0.39, 0.29) is 12.5 Å². The number of hydrogen-bond donors (Lipinski definition) is 1. The van der Waals surface area contributed by atoms with Gasteiger partial charge in [-0.25, -0.2) is 4.79 Å². The van der Waals surface area contributed by atoms with Crippen molar-refractivity contribution in [3.05, 3.63) is 29.3 Å². The highest BCUT2D eigenvalue weighted by Crippen LogP contribution is 2.25. The van der Waals surface area contributed by atoms with Crippen molar-refractivity contribution >= 4 is 11.9 Å². The number of imide groups is 1. The van der Waals surface area contributed by atoms with Crippen LogP contribution in [0.4, 0.5) is 4.79 Å². The highest BCUT2D eigenvalue weighted by Gasteiger charge is 2.46. The Hall–Kier alpha value is -2.55. The number of amides is 3. The van der Waals surface area contributed by atoms with E-state index in [2.05, 4.69) is 5.32 Å². The summed E-state index contributed by atoms with van der Waals surface area (Å²) in [4.78, 5) is 25.7. The first-order valence-electron chi connectivity index (χ1n) is 7.16. The second-order valence-electron chi connectivity index (χ2n) is 5.55.